The fourth-order valence-electron chi connectivity index (χ4n) is 2.65. The van der Waals surface area contributed by atoms with Crippen molar-refractivity contribution in [1.82, 2.24) is 19.3 Å². The van der Waals surface area contributed by atoms with Gasteiger partial charge in [0.25, 0.3) is 0 Å². The molecule has 0 aliphatic heterocycles. The molecule has 0 aliphatic rings. The zero-order chi connectivity index (χ0) is 15.0. The molecule has 3 rings (SSSR count). The second kappa shape index (κ2) is 5.20. The Bertz CT molecular complexity index is 787. The molecule has 2 N–H and O–H groups in total. The van der Waals surface area contributed by atoms with Gasteiger partial charge < -0.3 is 10.3 Å². The quantitative estimate of drug-likeness (QED) is 0.802. The Morgan fingerprint density at radius 2 is 2.05 bits per heavy atom. The fourth-order valence-corrected chi connectivity index (χ4v) is 2.65. The van der Waals surface area contributed by atoms with Crippen LogP contribution in [0.25, 0.3) is 11.0 Å². The summed E-state index contributed by atoms with van der Waals surface area (Å²) in [7, 11) is 0. The number of aromatic nitrogens is 4. The lowest BCUT2D eigenvalue weighted by Crippen LogP contribution is -2.08. The highest BCUT2D eigenvalue weighted by Crippen LogP contribution is 2.20. The summed E-state index contributed by atoms with van der Waals surface area (Å²) >= 11 is 0. The van der Waals surface area contributed by atoms with Gasteiger partial charge in [-0.1, -0.05) is 6.07 Å². The number of para-hydroxylation sites is 1. The number of aryl methyl sites for hydroxylation is 4. The van der Waals surface area contributed by atoms with E-state index in [0.29, 0.717) is 18.0 Å². The van der Waals surface area contributed by atoms with Gasteiger partial charge in [0.1, 0.15) is 5.52 Å². The van der Waals surface area contributed by atoms with E-state index in [1.165, 1.54) is 6.07 Å². The highest BCUT2D eigenvalue weighted by atomic mass is 19.1. The van der Waals surface area contributed by atoms with Crippen LogP contribution in [0.15, 0.2) is 24.3 Å². The molecule has 2 heterocycles. The van der Waals surface area contributed by atoms with Gasteiger partial charge in [-0.15, -0.1) is 0 Å². The van der Waals surface area contributed by atoms with Gasteiger partial charge in [-0.3, -0.25) is 4.68 Å². The van der Waals surface area contributed by atoms with E-state index in [4.69, 9.17) is 5.73 Å². The molecule has 3 aromatic rings. The standard InChI is InChI=1S/C15H18FN5/c1-10-9-11(2)21(19-10)8-4-7-20-13-6-3-5-12(16)14(13)18-15(20)17/h3,5-6,9H,4,7-8H2,1-2H3,(H2,17,18). The summed E-state index contributed by atoms with van der Waals surface area (Å²) in [6.07, 6.45) is 0.855. The minimum Gasteiger partial charge on any atom is -0.369 e. The number of anilines is 1. The highest BCUT2D eigenvalue weighted by molar-refractivity contribution is 5.78. The molecular formula is C15H18FN5. The number of nitrogens with zero attached hydrogens (tertiary/aromatic N) is 4. The number of halogens is 1. The van der Waals surface area contributed by atoms with E-state index in [0.717, 1.165) is 29.9 Å². The summed E-state index contributed by atoms with van der Waals surface area (Å²) in [6, 6.07) is 6.96. The monoisotopic (exact) mass is 287 g/mol. The summed E-state index contributed by atoms with van der Waals surface area (Å²) < 4.78 is 17.5. The van der Waals surface area contributed by atoms with Crippen LogP contribution in [-0.4, -0.2) is 19.3 Å². The number of benzene rings is 1. The molecule has 0 bridgehead atoms. The maximum atomic E-state index is 13.7. The molecule has 110 valence electrons. The average Bonchev–Trinajstić information content (AvgIpc) is 2.92. The Balaban J connectivity index is 1.78. The average molecular weight is 287 g/mol. The predicted octanol–water partition coefficient (Wildman–Crippen LogP) is 2.66. The van der Waals surface area contributed by atoms with Crippen LogP contribution >= 0.6 is 0 Å². The summed E-state index contributed by atoms with van der Waals surface area (Å²) in [6.45, 7) is 5.50. The fraction of sp³-hybridized carbons (Fsp3) is 0.333. The molecule has 21 heavy (non-hydrogen) atoms. The van der Waals surface area contributed by atoms with Crippen LogP contribution in [0.4, 0.5) is 10.3 Å². The first-order valence-corrected chi connectivity index (χ1v) is 6.97. The van der Waals surface area contributed by atoms with Crippen molar-refractivity contribution in [2.45, 2.75) is 33.4 Å². The van der Waals surface area contributed by atoms with Gasteiger partial charge in [0.2, 0.25) is 5.95 Å². The van der Waals surface area contributed by atoms with Crippen LogP contribution in [0.1, 0.15) is 17.8 Å². The molecule has 2 aromatic heterocycles. The maximum Gasteiger partial charge on any atom is 0.201 e. The summed E-state index contributed by atoms with van der Waals surface area (Å²) in [5.74, 6) is 0.0139. The zero-order valence-corrected chi connectivity index (χ0v) is 12.2. The van der Waals surface area contributed by atoms with Crippen molar-refractivity contribution in [3.63, 3.8) is 0 Å². The van der Waals surface area contributed by atoms with Crippen LogP contribution in [0.2, 0.25) is 0 Å². The molecular weight excluding hydrogens is 269 g/mol. The van der Waals surface area contributed by atoms with Crippen molar-refractivity contribution >= 4 is 17.0 Å². The van der Waals surface area contributed by atoms with Crippen molar-refractivity contribution < 1.29 is 4.39 Å². The van der Waals surface area contributed by atoms with E-state index in [1.54, 1.807) is 6.07 Å². The Morgan fingerprint density at radius 1 is 1.24 bits per heavy atom. The Kier molecular flexibility index (Phi) is 3.37. The lowest BCUT2D eigenvalue weighted by molar-refractivity contribution is 0.523. The van der Waals surface area contributed by atoms with Crippen molar-refractivity contribution in [3.05, 3.63) is 41.5 Å². The molecule has 0 aliphatic carbocycles. The van der Waals surface area contributed by atoms with E-state index < -0.39 is 0 Å². The second-order valence-electron chi connectivity index (χ2n) is 5.23. The second-order valence-corrected chi connectivity index (χ2v) is 5.23. The first-order valence-electron chi connectivity index (χ1n) is 6.97. The Morgan fingerprint density at radius 3 is 2.76 bits per heavy atom. The SMILES string of the molecule is Cc1cc(C)n(CCCn2c(N)nc3c(F)cccc32)n1. The van der Waals surface area contributed by atoms with Crippen LogP contribution in [0, 0.1) is 19.7 Å². The zero-order valence-electron chi connectivity index (χ0n) is 12.2. The van der Waals surface area contributed by atoms with Gasteiger partial charge in [0, 0.05) is 18.8 Å². The smallest absolute Gasteiger partial charge is 0.201 e. The third-order valence-electron chi connectivity index (χ3n) is 3.61. The molecule has 5 nitrogen and oxygen atoms in total. The maximum absolute atomic E-state index is 13.7. The number of hydrogen-bond acceptors (Lipinski definition) is 3. The lowest BCUT2D eigenvalue weighted by Gasteiger charge is -2.08. The molecule has 0 atom stereocenters. The number of nitrogens with two attached hydrogens (primary N) is 1. The number of nitrogen functional groups attached to an aromatic ring is 1. The molecule has 0 saturated carbocycles. The van der Waals surface area contributed by atoms with Gasteiger partial charge in [-0.05, 0) is 38.5 Å². The molecule has 1 aromatic carbocycles. The van der Waals surface area contributed by atoms with E-state index >= 15 is 0 Å². The molecule has 0 spiro atoms. The van der Waals surface area contributed by atoms with Gasteiger partial charge in [0.15, 0.2) is 5.82 Å². The van der Waals surface area contributed by atoms with Crippen molar-refractivity contribution in [2.24, 2.45) is 0 Å². The summed E-state index contributed by atoms with van der Waals surface area (Å²) in [5.41, 5.74) is 9.13. The first-order chi connectivity index (χ1) is 10.1. The molecule has 0 amide bonds. The molecule has 0 fully saturated rings. The van der Waals surface area contributed by atoms with E-state index in [1.807, 2.05) is 29.2 Å². The highest BCUT2D eigenvalue weighted by Gasteiger charge is 2.11. The van der Waals surface area contributed by atoms with Crippen molar-refractivity contribution in [2.75, 3.05) is 5.73 Å². The summed E-state index contributed by atoms with van der Waals surface area (Å²) in [4.78, 5) is 4.10. The van der Waals surface area contributed by atoms with Crippen LogP contribution in [-0.2, 0) is 13.1 Å². The predicted molar refractivity (Wildman–Crippen MR) is 80.4 cm³/mol. The number of hydrogen-bond donors (Lipinski definition) is 1. The normalized spacial score (nSPS) is 11.4. The third kappa shape index (κ3) is 2.49. The number of fused-ring (bicyclic) bond motifs is 1. The number of imidazole rings is 1. The first kappa shape index (κ1) is 13.6. The van der Waals surface area contributed by atoms with Crippen molar-refractivity contribution in [3.8, 4) is 0 Å². The van der Waals surface area contributed by atoms with E-state index in [9.17, 15) is 4.39 Å². The minimum absolute atomic E-state index is 0.334. The van der Waals surface area contributed by atoms with Crippen LogP contribution in [0.3, 0.4) is 0 Å². The van der Waals surface area contributed by atoms with Gasteiger partial charge >= 0.3 is 0 Å². The molecule has 0 saturated heterocycles. The van der Waals surface area contributed by atoms with Gasteiger partial charge in [-0.25, -0.2) is 9.37 Å². The van der Waals surface area contributed by atoms with E-state index in [2.05, 4.69) is 16.1 Å². The Hall–Kier alpha value is -2.37. The van der Waals surface area contributed by atoms with E-state index in [-0.39, 0.29) is 5.82 Å². The van der Waals surface area contributed by atoms with Gasteiger partial charge in [0.05, 0.1) is 11.2 Å². The molecule has 0 unspecified atom stereocenters. The number of rotatable bonds is 4. The minimum atomic E-state index is -0.337. The van der Waals surface area contributed by atoms with Crippen LogP contribution < -0.4 is 5.73 Å². The lowest BCUT2D eigenvalue weighted by atomic mass is 10.3. The van der Waals surface area contributed by atoms with Gasteiger partial charge in [-0.2, -0.15) is 5.10 Å². The van der Waals surface area contributed by atoms with Crippen molar-refractivity contribution in [1.29, 1.82) is 0 Å². The summed E-state index contributed by atoms with van der Waals surface area (Å²) in [5, 5.41) is 4.43. The Labute approximate surface area is 122 Å². The van der Waals surface area contributed by atoms with Crippen LogP contribution in [0.5, 0.6) is 0 Å². The third-order valence-corrected chi connectivity index (χ3v) is 3.61. The topological polar surface area (TPSA) is 61.7 Å². The molecule has 6 heteroatoms. The largest absolute Gasteiger partial charge is 0.369 e. The molecule has 0 radical (unpaired) electrons.